The van der Waals surface area contributed by atoms with Crippen LogP contribution in [0.5, 0.6) is 0 Å². The molecule has 21 heavy (non-hydrogen) atoms. The highest BCUT2D eigenvalue weighted by Crippen LogP contribution is 2.13. The van der Waals surface area contributed by atoms with E-state index in [0.29, 0.717) is 10.6 Å². The second-order valence-corrected chi connectivity index (χ2v) is 5.44. The van der Waals surface area contributed by atoms with E-state index in [0.717, 1.165) is 11.1 Å². The van der Waals surface area contributed by atoms with Gasteiger partial charge in [0.25, 0.3) is 5.91 Å². The Hall–Kier alpha value is -2.13. The highest BCUT2D eigenvalue weighted by molar-refractivity contribution is 6.30. The zero-order chi connectivity index (χ0) is 15.4. The number of carbonyl (C=O) groups excluding carboxylic acids is 1. The molecular formula is C17H17ClN2O. The van der Waals surface area contributed by atoms with Crippen LogP contribution in [0.4, 0.5) is 0 Å². The minimum absolute atomic E-state index is 0.260. The molecule has 1 N–H and O–H groups in total. The van der Waals surface area contributed by atoms with Crippen LogP contribution in [0.1, 0.15) is 32.6 Å². The Morgan fingerprint density at radius 2 is 1.67 bits per heavy atom. The molecule has 4 heteroatoms. The molecule has 0 aliphatic heterocycles. The number of hydrazone groups is 1. The van der Waals surface area contributed by atoms with Crippen LogP contribution in [0.15, 0.2) is 41.5 Å². The lowest BCUT2D eigenvalue weighted by atomic mass is 10.0. The molecule has 0 fully saturated rings. The van der Waals surface area contributed by atoms with Crippen molar-refractivity contribution in [2.45, 2.75) is 20.8 Å². The Bertz CT molecular complexity index is 691. The lowest BCUT2D eigenvalue weighted by Gasteiger charge is -2.05. The van der Waals surface area contributed by atoms with Crippen LogP contribution in [0.2, 0.25) is 5.02 Å². The van der Waals surface area contributed by atoms with Gasteiger partial charge in [0.05, 0.1) is 6.21 Å². The Balaban J connectivity index is 2.07. The Morgan fingerprint density at radius 3 is 2.33 bits per heavy atom. The summed E-state index contributed by atoms with van der Waals surface area (Å²) >= 11 is 5.78. The van der Waals surface area contributed by atoms with Gasteiger partial charge in [0.15, 0.2) is 0 Å². The first kappa shape index (κ1) is 15.3. The zero-order valence-corrected chi connectivity index (χ0v) is 13.0. The summed E-state index contributed by atoms with van der Waals surface area (Å²) in [7, 11) is 0. The molecule has 0 bridgehead atoms. The van der Waals surface area contributed by atoms with E-state index in [1.165, 1.54) is 11.1 Å². The number of benzene rings is 2. The van der Waals surface area contributed by atoms with Gasteiger partial charge in [0, 0.05) is 10.6 Å². The van der Waals surface area contributed by atoms with E-state index in [1.54, 1.807) is 30.5 Å². The van der Waals surface area contributed by atoms with Crippen molar-refractivity contribution >= 4 is 23.7 Å². The number of nitrogens with zero attached hydrogens (tertiary/aromatic N) is 1. The zero-order valence-electron chi connectivity index (χ0n) is 12.3. The van der Waals surface area contributed by atoms with Crippen molar-refractivity contribution in [2.24, 2.45) is 5.10 Å². The van der Waals surface area contributed by atoms with Gasteiger partial charge in [0.1, 0.15) is 0 Å². The largest absolute Gasteiger partial charge is 0.271 e. The molecular weight excluding hydrogens is 284 g/mol. The molecule has 0 heterocycles. The van der Waals surface area contributed by atoms with E-state index in [1.807, 2.05) is 6.92 Å². The minimum atomic E-state index is -0.260. The molecule has 0 atom stereocenters. The highest BCUT2D eigenvalue weighted by atomic mass is 35.5. The van der Waals surface area contributed by atoms with Crippen molar-refractivity contribution in [3.63, 3.8) is 0 Å². The van der Waals surface area contributed by atoms with Gasteiger partial charge >= 0.3 is 0 Å². The van der Waals surface area contributed by atoms with Crippen LogP contribution < -0.4 is 5.43 Å². The third-order valence-electron chi connectivity index (χ3n) is 3.36. The normalized spacial score (nSPS) is 10.9. The second-order valence-electron chi connectivity index (χ2n) is 5.00. The third-order valence-corrected chi connectivity index (χ3v) is 3.61. The summed E-state index contributed by atoms with van der Waals surface area (Å²) in [5.41, 5.74) is 7.60. The maximum atomic E-state index is 11.9. The average Bonchev–Trinajstić information content (AvgIpc) is 2.45. The van der Waals surface area contributed by atoms with Gasteiger partial charge in [-0.1, -0.05) is 17.7 Å². The monoisotopic (exact) mass is 300 g/mol. The lowest BCUT2D eigenvalue weighted by molar-refractivity contribution is 0.0955. The molecule has 1 amide bonds. The lowest BCUT2D eigenvalue weighted by Crippen LogP contribution is -2.17. The molecule has 0 radical (unpaired) electrons. The molecule has 0 unspecified atom stereocenters. The SMILES string of the molecule is Cc1cc(C)c(/C=N\NC(=O)c2ccc(Cl)cc2)cc1C. The van der Waals surface area contributed by atoms with E-state index in [9.17, 15) is 4.79 Å². The van der Waals surface area contributed by atoms with Crippen molar-refractivity contribution in [3.8, 4) is 0 Å². The first-order chi connectivity index (χ1) is 9.97. The molecule has 108 valence electrons. The van der Waals surface area contributed by atoms with Gasteiger partial charge in [-0.25, -0.2) is 5.43 Å². The first-order valence-electron chi connectivity index (χ1n) is 6.64. The Morgan fingerprint density at radius 1 is 1.05 bits per heavy atom. The second kappa shape index (κ2) is 6.55. The van der Waals surface area contributed by atoms with Gasteiger partial charge in [-0.15, -0.1) is 0 Å². The molecule has 0 aliphatic rings. The van der Waals surface area contributed by atoms with Gasteiger partial charge in [-0.05, 0) is 73.4 Å². The Kier molecular flexibility index (Phi) is 4.76. The van der Waals surface area contributed by atoms with Crippen molar-refractivity contribution in [1.82, 2.24) is 5.43 Å². The number of halogens is 1. The fourth-order valence-corrected chi connectivity index (χ4v) is 2.07. The number of rotatable bonds is 3. The van der Waals surface area contributed by atoms with Crippen molar-refractivity contribution < 1.29 is 4.79 Å². The predicted molar refractivity (Wildman–Crippen MR) is 87.2 cm³/mol. The molecule has 0 spiro atoms. The average molecular weight is 301 g/mol. The van der Waals surface area contributed by atoms with Gasteiger partial charge in [-0.2, -0.15) is 5.10 Å². The number of carbonyl (C=O) groups is 1. The fraction of sp³-hybridized carbons (Fsp3) is 0.176. The maximum absolute atomic E-state index is 11.9. The van der Waals surface area contributed by atoms with Crippen LogP contribution in [0, 0.1) is 20.8 Å². The molecule has 0 aliphatic carbocycles. The summed E-state index contributed by atoms with van der Waals surface area (Å²) < 4.78 is 0. The number of amides is 1. The quantitative estimate of drug-likeness (QED) is 0.675. The van der Waals surface area contributed by atoms with Crippen molar-refractivity contribution in [2.75, 3.05) is 0 Å². The summed E-state index contributed by atoms with van der Waals surface area (Å²) in [4.78, 5) is 11.9. The summed E-state index contributed by atoms with van der Waals surface area (Å²) in [5.74, 6) is -0.260. The summed E-state index contributed by atoms with van der Waals surface area (Å²) in [6.45, 7) is 6.15. The summed E-state index contributed by atoms with van der Waals surface area (Å²) in [5, 5.41) is 4.61. The van der Waals surface area contributed by atoms with Crippen LogP contribution in [-0.2, 0) is 0 Å². The van der Waals surface area contributed by atoms with E-state index in [2.05, 4.69) is 36.5 Å². The van der Waals surface area contributed by atoms with Gasteiger partial charge < -0.3 is 0 Å². The molecule has 2 rings (SSSR count). The molecule has 0 saturated heterocycles. The minimum Gasteiger partial charge on any atom is -0.267 e. The van der Waals surface area contributed by atoms with Gasteiger partial charge in [-0.3, -0.25) is 4.79 Å². The smallest absolute Gasteiger partial charge is 0.267 e. The van der Waals surface area contributed by atoms with Crippen LogP contribution in [0.3, 0.4) is 0 Å². The van der Waals surface area contributed by atoms with E-state index < -0.39 is 0 Å². The fourth-order valence-electron chi connectivity index (χ4n) is 1.95. The van der Waals surface area contributed by atoms with Crippen molar-refractivity contribution in [3.05, 3.63) is 69.2 Å². The van der Waals surface area contributed by atoms with Crippen LogP contribution in [-0.4, -0.2) is 12.1 Å². The van der Waals surface area contributed by atoms with Crippen molar-refractivity contribution in [1.29, 1.82) is 0 Å². The topological polar surface area (TPSA) is 41.5 Å². The number of aryl methyl sites for hydroxylation is 3. The Labute approximate surface area is 129 Å². The summed E-state index contributed by atoms with van der Waals surface area (Å²) in [6, 6.07) is 10.8. The predicted octanol–water partition coefficient (Wildman–Crippen LogP) is 4.03. The van der Waals surface area contributed by atoms with Crippen LogP contribution >= 0.6 is 11.6 Å². The number of hydrogen-bond donors (Lipinski definition) is 1. The first-order valence-corrected chi connectivity index (χ1v) is 7.02. The van der Waals surface area contributed by atoms with E-state index >= 15 is 0 Å². The highest BCUT2D eigenvalue weighted by Gasteiger charge is 2.04. The third kappa shape index (κ3) is 3.92. The molecule has 0 saturated carbocycles. The summed E-state index contributed by atoms with van der Waals surface area (Å²) in [6.07, 6.45) is 1.66. The molecule has 2 aromatic carbocycles. The van der Waals surface area contributed by atoms with E-state index in [-0.39, 0.29) is 5.91 Å². The number of nitrogens with one attached hydrogen (secondary N) is 1. The molecule has 2 aromatic rings. The standard InChI is InChI=1S/C17H17ClN2O/c1-11-8-13(3)15(9-12(11)2)10-19-20-17(21)14-4-6-16(18)7-5-14/h4-10H,1-3H3,(H,20,21)/b19-10-. The number of hydrogen-bond acceptors (Lipinski definition) is 2. The van der Waals surface area contributed by atoms with E-state index in [4.69, 9.17) is 11.6 Å². The van der Waals surface area contributed by atoms with Gasteiger partial charge in [0.2, 0.25) is 0 Å². The van der Waals surface area contributed by atoms with Crippen LogP contribution in [0.25, 0.3) is 0 Å². The molecule has 0 aromatic heterocycles. The molecule has 3 nitrogen and oxygen atoms in total. The maximum Gasteiger partial charge on any atom is 0.271 e.